The van der Waals surface area contributed by atoms with Gasteiger partial charge in [0, 0.05) is 6.54 Å². The predicted octanol–water partition coefficient (Wildman–Crippen LogP) is -0.647. The number of hydrogen-bond donors (Lipinski definition) is 1. The van der Waals surface area contributed by atoms with E-state index >= 15 is 0 Å². The lowest BCUT2D eigenvalue weighted by Gasteiger charge is -2.52. The fourth-order valence-corrected chi connectivity index (χ4v) is 2.74. The highest BCUT2D eigenvalue weighted by Crippen LogP contribution is 2.39. The maximum absolute atomic E-state index is 12.3. The number of carbonyl (C=O) groups is 1. The normalized spacial score (nSPS) is 21.9. The number of ether oxygens (including phenoxy) is 1. The van der Waals surface area contributed by atoms with Gasteiger partial charge in [-0.05, 0) is 19.3 Å². The Balaban J connectivity index is 1.75. The van der Waals surface area contributed by atoms with Crippen LogP contribution in [-0.2, 0) is 16.1 Å². The van der Waals surface area contributed by atoms with E-state index in [1.807, 2.05) is 4.90 Å². The van der Waals surface area contributed by atoms with Crippen LogP contribution < -0.4 is 5.69 Å². The Morgan fingerprint density at radius 3 is 3.00 bits per heavy atom. The van der Waals surface area contributed by atoms with Gasteiger partial charge in [0.2, 0.25) is 5.91 Å². The summed E-state index contributed by atoms with van der Waals surface area (Å²) in [6, 6.07) is 0. The molecule has 1 aromatic rings. The largest absolute Gasteiger partial charge is 0.377 e. The SMILES string of the molecule is O=C(Cn1cn[nH]c1=O)N1CCOCC12CCC2. The first-order chi connectivity index (χ1) is 8.71. The highest BCUT2D eigenvalue weighted by atomic mass is 16.5. The van der Waals surface area contributed by atoms with Crippen LogP contribution in [-0.4, -0.2) is 50.9 Å². The summed E-state index contributed by atoms with van der Waals surface area (Å²) in [4.78, 5) is 25.5. The van der Waals surface area contributed by atoms with Crippen LogP contribution in [0.15, 0.2) is 11.1 Å². The Morgan fingerprint density at radius 2 is 2.39 bits per heavy atom. The number of amides is 1. The van der Waals surface area contributed by atoms with Crippen molar-refractivity contribution in [2.45, 2.75) is 31.3 Å². The van der Waals surface area contributed by atoms with Gasteiger partial charge in [-0.3, -0.25) is 9.36 Å². The van der Waals surface area contributed by atoms with E-state index in [2.05, 4.69) is 10.2 Å². The number of hydrogen-bond acceptors (Lipinski definition) is 4. The Bertz CT molecular complexity index is 502. The Labute approximate surface area is 104 Å². The van der Waals surface area contributed by atoms with Crippen LogP contribution in [0.2, 0.25) is 0 Å². The first-order valence-corrected chi connectivity index (χ1v) is 6.19. The van der Waals surface area contributed by atoms with Crippen LogP contribution in [0.4, 0.5) is 0 Å². The molecular formula is C11H16N4O3. The van der Waals surface area contributed by atoms with Gasteiger partial charge in [-0.15, -0.1) is 0 Å². The van der Waals surface area contributed by atoms with Crippen molar-refractivity contribution in [3.8, 4) is 0 Å². The van der Waals surface area contributed by atoms with Crippen LogP contribution in [0.5, 0.6) is 0 Å². The van der Waals surface area contributed by atoms with Crippen molar-refractivity contribution >= 4 is 5.91 Å². The summed E-state index contributed by atoms with van der Waals surface area (Å²) in [7, 11) is 0. The average Bonchev–Trinajstić information content (AvgIpc) is 2.73. The third-order valence-electron chi connectivity index (χ3n) is 3.91. The van der Waals surface area contributed by atoms with E-state index in [-0.39, 0.29) is 23.7 Å². The summed E-state index contributed by atoms with van der Waals surface area (Å²) in [6.45, 7) is 1.87. The van der Waals surface area contributed by atoms with Crippen molar-refractivity contribution < 1.29 is 9.53 Å². The molecule has 1 aliphatic heterocycles. The fourth-order valence-electron chi connectivity index (χ4n) is 2.74. The first kappa shape index (κ1) is 11.5. The highest BCUT2D eigenvalue weighted by molar-refractivity contribution is 5.77. The van der Waals surface area contributed by atoms with Gasteiger partial charge < -0.3 is 9.64 Å². The molecule has 0 atom stereocenters. The number of H-pyrrole nitrogens is 1. The molecule has 2 aliphatic rings. The van der Waals surface area contributed by atoms with Crippen LogP contribution in [0.1, 0.15) is 19.3 Å². The van der Waals surface area contributed by atoms with Crippen molar-refractivity contribution in [3.63, 3.8) is 0 Å². The summed E-state index contributed by atoms with van der Waals surface area (Å²) in [5.41, 5.74) is -0.456. The zero-order valence-corrected chi connectivity index (χ0v) is 10.1. The molecule has 3 rings (SSSR count). The molecule has 1 N–H and O–H groups in total. The number of carbonyl (C=O) groups excluding carboxylic acids is 1. The van der Waals surface area contributed by atoms with Crippen molar-refractivity contribution in [1.82, 2.24) is 19.7 Å². The smallest absolute Gasteiger partial charge is 0.343 e. The maximum Gasteiger partial charge on any atom is 0.343 e. The van der Waals surface area contributed by atoms with Crippen LogP contribution in [0, 0.1) is 0 Å². The van der Waals surface area contributed by atoms with Crippen LogP contribution in [0.3, 0.4) is 0 Å². The third-order valence-corrected chi connectivity index (χ3v) is 3.91. The number of aromatic amines is 1. The van der Waals surface area contributed by atoms with Gasteiger partial charge in [-0.2, -0.15) is 5.10 Å². The van der Waals surface area contributed by atoms with Gasteiger partial charge in [0.25, 0.3) is 0 Å². The Hall–Kier alpha value is -1.63. The highest BCUT2D eigenvalue weighted by Gasteiger charge is 2.46. The van der Waals surface area contributed by atoms with Gasteiger partial charge in [0.1, 0.15) is 12.9 Å². The molecule has 0 unspecified atom stereocenters. The molecule has 1 saturated heterocycles. The number of rotatable bonds is 2. The number of morpholine rings is 1. The van der Waals surface area contributed by atoms with E-state index in [9.17, 15) is 9.59 Å². The zero-order chi connectivity index (χ0) is 12.6. The third kappa shape index (κ3) is 1.74. The number of aromatic nitrogens is 3. The van der Waals surface area contributed by atoms with Crippen LogP contribution >= 0.6 is 0 Å². The molecule has 1 aliphatic carbocycles. The molecule has 7 heteroatoms. The number of nitrogens with one attached hydrogen (secondary N) is 1. The zero-order valence-electron chi connectivity index (χ0n) is 10.1. The average molecular weight is 252 g/mol. The Morgan fingerprint density at radius 1 is 1.56 bits per heavy atom. The quantitative estimate of drug-likeness (QED) is 0.758. The molecule has 7 nitrogen and oxygen atoms in total. The van der Waals surface area contributed by atoms with Crippen molar-refractivity contribution in [2.24, 2.45) is 0 Å². The Kier molecular flexibility index (Phi) is 2.70. The fraction of sp³-hybridized carbons (Fsp3) is 0.727. The molecule has 1 amide bonds. The van der Waals surface area contributed by atoms with Gasteiger partial charge in [-0.1, -0.05) is 0 Å². The minimum absolute atomic E-state index is 0.0264. The molecule has 1 aromatic heterocycles. The molecule has 2 fully saturated rings. The lowest BCUT2D eigenvalue weighted by atomic mass is 9.75. The van der Waals surface area contributed by atoms with E-state index in [0.29, 0.717) is 19.8 Å². The predicted molar refractivity (Wildman–Crippen MR) is 62.0 cm³/mol. The van der Waals surface area contributed by atoms with E-state index < -0.39 is 0 Å². The first-order valence-electron chi connectivity index (χ1n) is 6.19. The summed E-state index contributed by atoms with van der Waals surface area (Å²) in [5.74, 6) is -0.0264. The molecule has 18 heavy (non-hydrogen) atoms. The second-order valence-corrected chi connectivity index (χ2v) is 4.97. The molecule has 98 valence electrons. The van der Waals surface area contributed by atoms with Crippen molar-refractivity contribution in [2.75, 3.05) is 19.8 Å². The van der Waals surface area contributed by atoms with E-state index in [1.54, 1.807) is 0 Å². The molecule has 1 spiro atoms. The minimum Gasteiger partial charge on any atom is -0.377 e. The molecule has 0 bridgehead atoms. The summed E-state index contributed by atoms with van der Waals surface area (Å²) >= 11 is 0. The second kappa shape index (κ2) is 4.24. The topological polar surface area (TPSA) is 80.2 Å². The minimum atomic E-state index is -0.348. The summed E-state index contributed by atoms with van der Waals surface area (Å²) in [6.07, 6.45) is 4.49. The van der Waals surface area contributed by atoms with Crippen molar-refractivity contribution in [1.29, 1.82) is 0 Å². The van der Waals surface area contributed by atoms with Gasteiger partial charge >= 0.3 is 5.69 Å². The van der Waals surface area contributed by atoms with Gasteiger partial charge in [-0.25, -0.2) is 9.89 Å². The van der Waals surface area contributed by atoms with Gasteiger partial charge in [0.05, 0.1) is 18.8 Å². The molecule has 0 aromatic carbocycles. The lowest BCUT2D eigenvalue weighted by molar-refractivity contribution is -0.159. The standard InChI is InChI=1S/C11H16N4O3/c16-9(6-14-8-12-13-10(14)17)15-4-5-18-7-11(15)2-1-3-11/h8H,1-7H2,(H,13,17). The molecule has 0 radical (unpaired) electrons. The number of nitrogens with zero attached hydrogens (tertiary/aromatic N) is 3. The molecule has 2 heterocycles. The van der Waals surface area contributed by atoms with Crippen molar-refractivity contribution in [3.05, 3.63) is 16.8 Å². The maximum atomic E-state index is 12.3. The monoisotopic (exact) mass is 252 g/mol. The van der Waals surface area contributed by atoms with E-state index in [1.165, 1.54) is 10.9 Å². The lowest BCUT2D eigenvalue weighted by Crippen LogP contribution is -2.63. The van der Waals surface area contributed by atoms with Crippen LogP contribution in [0.25, 0.3) is 0 Å². The van der Waals surface area contributed by atoms with E-state index in [0.717, 1.165) is 19.3 Å². The summed E-state index contributed by atoms with van der Waals surface area (Å²) in [5, 5.41) is 5.91. The summed E-state index contributed by atoms with van der Waals surface area (Å²) < 4.78 is 6.78. The molecule has 1 saturated carbocycles. The molecular weight excluding hydrogens is 236 g/mol. The second-order valence-electron chi connectivity index (χ2n) is 4.97. The van der Waals surface area contributed by atoms with E-state index in [4.69, 9.17) is 4.74 Å². The van der Waals surface area contributed by atoms with Gasteiger partial charge in [0.15, 0.2) is 0 Å².